The lowest BCUT2D eigenvalue weighted by Crippen LogP contribution is -2.10. The number of ether oxygens (including phenoxy) is 1. The van der Waals surface area contributed by atoms with Crippen molar-refractivity contribution in [3.05, 3.63) is 27.1 Å². The second kappa shape index (κ2) is 6.03. The number of para-hydroxylation sites is 1. The molecule has 0 aliphatic rings. The third-order valence-electron chi connectivity index (χ3n) is 1.74. The highest BCUT2D eigenvalue weighted by atomic mass is 79.9. The molecule has 0 N–H and O–H groups in total. The van der Waals surface area contributed by atoms with Crippen LogP contribution in [0.4, 0.5) is 0 Å². The molecule has 4 heteroatoms. The summed E-state index contributed by atoms with van der Waals surface area (Å²) in [6.45, 7) is 2.79. The number of hydrogen-bond donors (Lipinski definition) is 1. The van der Waals surface area contributed by atoms with E-state index in [9.17, 15) is 0 Å². The van der Waals surface area contributed by atoms with E-state index in [0.717, 1.165) is 20.4 Å². The SMILES string of the molecule is CC(CS)COc1c(Br)cccc1Br. The summed E-state index contributed by atoms with van der Waals surface area (Å²) in [5, 5.41) is 0. The van der Waals surface area contributed by atoms with Gasteiger partial charge in [0.15, 0.2) is 0 Å². The first kappa shape index (κ1) is 12.4. The molecule has 78 valence electrons. The quantitative estimate of drug-likeness (QED) is 0.810. The molecule has 0 saturated heterocycles. The van der Waals surface area contributed by atoms with Crippen LogP contribution in [0.2, 0.25) is 0 Å². The third-order valence-corrected chi connectivity index (χ3v) is 3.62. The first-order valence-electron chi connectivity index (χ1n) is 4.32. The molecule has 1 aromatic rings. The van der Waals surface area contributed by atoms with Gasteiger partial charge in [0.1, 0.15) is 5.75 Å². The third kappa shape index (κ3) is 3.48. The molecule has 1 nitrogen and oxygen atoms in total. The summed E-state index contributed by atoms with van der Waals surface area (Å²) >= 11 is 11.1. The molecule has 1 rings (SSSR count). The summed E-state index contributed by atoms with van der Waals surface area (Å²) in [5.74, 6) is 2.15. The highest BCUT2D eigenvalue weighted by Crippen LogP contribution is 2.33. The van der Waals surface area contributed by atoms with Crippen molar-refractivity contribution in [2.75, 3.05) is 12.4 Å². The molecule has 0 aromatic heterocycles. The van der Waals surface area contributed by atoms with Crippen molar-refractivity contribution in [2.24, 2.45) is 5.92 Å². The second-order valence-corrected chi connectivity index (χ2v) is 5.22. The van der Waals surface area contributed by atoms with Crippen molar-refractivity contribution < 1.29 is 4.74 Å². The van der Waals surface area contributed by atoms with E-state index in [1.807, 2.05) is 18.2 Å². The number of thiol groups is 1. The maximum atomic E-state index is 5.68. The van der Waals surface area contributed by atoms with Gasteiger partial charge < -0.3 is 4.74 Å². The molecule has 1 atom stereocenters. The van der Waals surface area contributed by atoms with Crippen LogP contribution in [0, 0.1) is 5.92 Å². The first-order chi connectivity index (χ1) is 6.65. The van der Waals surface area contributed by atoms with Crippen LogP contribution in [-0.4, -0.2) is 12.4 Å². The van der Waals surface area contributed by atoms with Crippen molar-refractivity contribution >= 4 is 44.5 Å². The molecule has 0 amide bonds. The average molecular weight is 340 g/mol. The molecule has 0 saturated carbocycles. The van der Waals surface area contributed by atoms with Gasteiger partial charge in [-0.3, -0.25) is 0 Å². The van der Waals surface area contributed by atoms with Crippen LogP contribution in [0.3, 0.4) is 0 Å². The monoisotopic (exact) mass is 338 g/mol. The van der Waals surface area contributed by atoms with Gasteiger partial charge in [-0.1, -0.05) is 13.0 Å². The first-order valence-corrected chi connectivity index (χ1v) is 6.54. The summed E-state index contributed by atoms with van der Waals surface area (Å²) in [7, 11) is 0. The fourth-order valence-corrected chi connectivity index (χ4v) is 2.23. The molecule has 0 bridgehead atoms. The van der Waals surface area contributed by atoms with Crippen LogP contribution in [0.15, 0.2) is 27.1 Å². The highest BCUT2D eigenvalue weighted by Gasteiger charge is 2.07. The highest BCUT2D eigenvalue weighted by molar-refractivity contribution is 9.11. The van der Waals surface area contributed by atoms with E-state index in [1.54, 1.807) is 0 Å². The zero-order valence-corrected chi connectivity index (χ0v) is 11.9. The van der Waals surface area contributed by atoms with Crippen molar-refractivity contribution in [2.45, 2.75) is 6.92 Å². The van der Waals surface area contributed by atoms with E-state index in [2.05, 4.69) is 51.4 Å². The van der Waals surface area contributed by atoms with Gasteiger partial charge in [-0.2, -0.15) is 12.6 Å². The summed E-state index contributed by atoms with van der Waals surface area (Å²) < 4.78 is 7.62. The fourth-order valence-electron chi connectivity index (χ4n) is 0.899. The van der Waals surface area contributed by atoms with E-state index >= 15 is 0 Å². The van der Waals surface area contributed by atoms with Gasteiger partial charge in [-0.15, -0.1) is 0 Å². The topological polar surface area (TPSA) is 9.23 Å². The Hall–Kier alpha value is 0.330. The number of hydrogen-bond acceptors (Lipinski definition) is 2. The molecule has 1 unspecified atom stereocenters. The summed E-state index contributed by atoms with van der Waals surface area (Å²) in [6, 6.07) is 5.89. The van der Waals surface area contributed by atoms with E-state index in [4.69, 9.17) is 4.74 Å². The van der Waals surface area contributed by atoms with E-state index in [1.165, 1.54) is 0 Å². The minimum absolute atomic E-state index is 0.456. The van der Waals surface area contributed by atoms with Gasteiger partial charge in [0.2, 0.25) is 0 Å². The Labute approximate surface area is 107 Å². The smallest absolute Gasteiger partial charge is 0.147 e. The van der Waals surface area contributed by atoms with Gasteiger partial charge in [0.25, 0.3) is 0 Å². The number of rotatable bonds is 4. The van der Waals surface area contributed by atoms with Crippen LogP contribution in [0.5, 0.6) is 5.75 Å². The number of halogens is 2. The summed E-state index contributed by atoms with van der Waals surface area (Å²) in [5.41, 5.74) is 0. The van der Waals surface area contributed by atoms with E-state index < -0.39 is 0 Å². The largest absolute Gasteiger partial charge is 0.491 e. The average Bonchev–Trinajstić information content (AvgIpc) is 2.16. The zero-order valence-electron chi connectivity index (χ0n) is 7.84. The maximum Gasteiger partial charge on any atom is 0.147 e. The lowest BCUT2D eigenvalue weighted by molar-refractivity contribution is 0.270. The summed E-state index contributed by atoms with van der Waals surface area (Å²) in [6.07, 6.45) is 0. The van der Waals surface area contributed by atoms with Gasteiger partial charge in [-0.25, -0.2) is 0 Å². The Bertz CT molecular complexity index is 284. The molecule has 1 aromatic carbocycles. The van der Waals surface area contributed by atoms with Crippen LogP contribution in [0.1, 0.15) is 6.92 Å². The predicted molar refractivity (Wildman–Crippen MR) is 70.4 cm³/mol. The normalized spacial score (nSPS) is 12.6. The van der Waals surface area contributed by atoms with Gasteiger partial charge in [0, 0.05) is 0 Å². The molecule has 0 aliphatic heterocycles. The van der Waals surface area contributed by atoms with Crippen LogP contribution < -0.4 is 4.74 Å². The molecular formula is C10H12Br2OS. The van der Waals surface area contributed by atoms with Crippen LogP contribution in [-0.2, 0) is 0 Å². The lowest BCUT2D eigenvalue weighted by Gasteiger charge is -2.13. The maximum absolute atomic E-state index is 5.68. The molecular weight excluding hydrogens is 328 g/mol. The molecule has 0 aliphatic carbocycles. The minimum Gasteiger partial charge on any atom is -0.491 e. The van der Waals surface area contributed by atoms with Crippen LogP contribution in [0.25, 0.3) is 0 Å². The molecule has 0 fully saturated rings. The Kier molecular flexibility index (Phi) is 5.34. The van der Waals surface area contributed by atoms with E-state index in [0.29, 0.717) is 12.5 Å². The van der Waals surface area contributed by atoms with E-state index in [-0.39, 0.29) is 0 Å². The fraction of sp³-hybridized carbons (Fsp3) is 0.400. The van der Waals surface area contributed by atoms with Crippen LogP contribution >= 0.6 is 44.5 Å². The zero-order chi connectivity index (χ0) is 10.6. The van der Waals surface area contributed by atoms with Gasteiger partial charge in [0.05, 0.1) is 15.6 Å². The van der Waals surface area contributed by atoms with Crippen molar-refractivity contribution in [3.8, 4) is 5.75 Å². The molecule has 0 radical (unpaired) electrons. The Morgan fingerprint density at radius 2 is 1.93 bits per heavy atom. The lowest BCUT2D eigenvalue weighted by atomic mass is 10.2. The Morgan fingerprint density at radius 3 is 2.43 bits per heavy atom. The second-order valence-electron chi connectivity index (χ2n) is 3.15. The molecule has 0 heterocycles. The molecule has 0 spiro atoms. The van der Waals surface area contributed by atoms with Crippen molar-refractivity contribution in [1.29, 1.82) is 0 Å². The minimum atomic E-state index is 0.456. The van der Waals surface area contributed by atoms with Crippen molar-refractivity contribution in [1.82, 2.24) is 0 Å². The summed E-state index contributed by atoms with van der Waals surface area (Å²) in [4.78, 5) is 0. The molecule has 14 heavy (non-hydrogen) atoms. The standard InChI is InChI=1S/C10H12Br2OS/c1-7(6-14)5-13-10-8(11)3-2-4-9(10)12/h2-4,7,14H,5-6H2,1H3. The number of benzene rings is 1. The van der Waals surface area contributed by atoms with Gasteiger partial charge in [-0.05, 0) is 55.7 Å². The predicted octanol–water partition coefficient (Wildman–Crippen LogP) is 4.16. The van der Waals surface area contributed by atoms with Crippen molar-refractivity contribution in [3.63, 3.8) is 0 Å². The Balaban J connectivity index is 2.66. The van der Waals surface area contributed by atoms with Gasteiger partial charge >= 0.3 is 0 Å². The Morgan fingerprint density at radius 1 is 1.36 bits per heavy atom.